The predicted molar refractivity (Wildman–Crippen MR) is 113 cm³/mol. The topological polar surface area (TPSA) is 145 Å². The first kappa shape index (κ1) is 20.3. The second-order valence-corrected chi connectivity index (χ2v) is 10.2. The zero-order chi connectivity index (χ0) is 21.9. The molecule has 2 bridgehead atoms. The summed E-state index contributed by atoms with van der Waals surface area (Å²) in [4.78, 5) is 12.7. The molecule has 0 unspecified atom stereocenters. The minimum Gasteiger partial charge on any atom is -0.393 e. The third-order valence-corrected chi connectivity index (χ3v) is 8.08. The highest BCUT2D eigenvalue weighted by Crippen LogP contribution is 2.44. The van der Waals surface area contributed by atoms with E-state index in [4.69, 9.17) is 10.5 Å². The van der Waals surface area contributed by atoms with Crippen molar-refractivity contribution < 1.29 is 18.3 Å². The first-order valence-corrected chi connectivity index (χ1v) is 11.6. The van der Waals surface area contributed by atoms with Crippen molar-refractivity contribution in [1.29, 1.82) is 0 Å². The van der Waals surface area contributed by atoms with Gasteiger partial charge in [-0.15, -0.1) is 0 Å². The van der Waals surface area contributed by atoms with Gasteiger partial charge in [0.05, 0.1) is 34.9 Å². The van der Waals surface area contributed by atoms with Gasteiger partial charge < -0.3 is 15.6 Å². The highest BCUT2D eigenvalue weighted by atomic mass is 32.2. The molecule has 1 aromatic carbocycles. The number of nitrogens with zero attached hydrogens (tertiary/aromatic N) is 4. The van der Waals surface area contributed by atoms with Crippen molar-refractivity contribution in [3.05, 3.63) is 36.3 Å². The van der Waals surface area contributed by atoms with E-state index in [0.29, 0.717) is 42.7 Å². The standard InChI is InChI=1S/C20H24N6O4S/c1-13-2-3-14(8-15(13)16-9-26-17(21)22-12-23-18(26)24-16)31(28,29)25-19-4-6-20(10-27,7-5-19)30-11-19/h2-3,8-9,12,25,27H,4-7,10-11H2,1H3,(H2,21,22,23,24). The zero-order valence-corrected chi connectivity index (χ0v) is 17.9. The number of imidazole rings is 1. The molecule has 0 radical (unpaired) electrons. The van der Waals surface area contributed by atoms with Crippen LogP contribution >= 0.6 is 0 Å². The van der Waals surface area contributed by atoms with E-state index in [0.717, 1.165) is 5.56 Å². The van der Waals surface area contributed by atoms with Gasteiger partial charge in [0.15, 0.2) is 0 Å². The lowest BCUT2D eigenvalue weighted by Crippen LogP contribution is -2.63. The minimum atomic E-state index is -3.80. The molecule has 4 N–H and O–H groups in total. The quantitative estimate of drug-likeness (QED) is 0.529. The normalized spacial score (nSPS) is 25.9. The lowest BCUT2D eigenvalue weighted by molar-refractivity contribution is -0.175. The fourth-order valence-corrected chi connectivity index (χ4v) is 5.92. The molecule has 3 aromatic rings. The van der Waals surface area contributed by atoms with Crippen LogP contribution in [0.1, 0.15) is 31.2 Å². The molecule has 1 aliphatic carbocycles. The van der Waals surface area contributed by atoms with E-state index in [9.17, 15) is 13.5 Å². The van der Waals surface area contributed by atoms with E-state index in [1.54, 1.807) is 28.8 Å². The molecule has 164 valence electrons. The maximum absolute atomic E-state index is 13.3. The van der Waals surface area contributed by atoms with Crippen LogP contribution in [0.3, 0.4) is 0 Å². The van der Waals surface area contributed by atoms with Gasteiger partial charge >= 0.3 is 0 Å². The van der Waals surface area contributed by atoms with Crippen molar-refractivity contribution in [2.24, 2.45) is 0 Å². The number of sulfonamides is 1. The summed E-state index contributed by atoms with van der Waals surface area (Å²) in [6.07, 6.45) is 5.57. The van der Waals surface area contributed by atoms with Crippen LogP contribution in [0, 0.1) is 6.92 Å². The Morgan fingerprint density at radius 3 is 2.68 bits per heavy atom. The fourth-order valence-electron chi connectivity index (χ4n) is 4.45. The van der Waals surface area contributed by atoms with Gasteiger partial charge in [0, 0.05) is 11.8 Å². The number of nitrogens with one attached hydrogen (secondary N) is 1. The van der Waals surface area contributed by atoms with E-state index in [2.05, 4.69) is 19.7 Å². The van der Waals surface area contributed by atoms with Crippen molar-refractivity contribution in [2.75, 3.05) is 18.9 Å². The second-order valence-electron chi connectivity index (χ2n) is 8.52. The van der Waals surface area contributed by atoms with Gasteiger partial charge in [0.25, 0.3) is 0 Å². The van der Waals surface area contributed by atoms with Gasteiger partial charge in [-0.25, -0.2) is 28.1 Å². The van der Waals surface area contributed by atoms with Gasteiger partial charge in [0.2, 0.25) is 21.7 Å². The number of aliphatic hydroxyl groups excluding tert-OH is 1. The largest absolute Gasteiger partial charge is 0.393 e. The van der Waals surface area contributed by atoms with Crippen LogP contribution in [0.5, 0.6) is 0 Å². The SMILES string of the molecule is Cc1ccc(S(=O)(=O)NC23CCC(CO)(CC2)OC3)cc1-c1cn2c(N)ncnc2n1. The maximum Gasteiger partial charge on any atom is 0.241 e. The molecule has 11 heteroatoms. The average Bonchev–Trinajstić information content (AvgIpc) is 3.20. The highest BCUT2D eigenvalue weighted by Gasteiger charge is 2.51. The van der Waals surface area contributed by atoms with Gasteiger partial charge in [-0.05, 0) is 50.3 Å². The molecule has 2 aliphatic heterocycles. The predicted octanol–water partition coefficient (Wildman–Crippen LogP) is 1.03. The Hall–Kier alpha value is -2.60. The van der Waals surface area contributed by atoms with E-state index in [-0.39, 0.29) is 24.1 Å². The summed E-state index contributed by atoms with van der Waals surface area (Å²) < 4.78 is 36.8. The first-order chi connectivity index (χ1) is 14.7. The molecule has 31 heavy (non-hydrogen) atoms. The Morgan fingerprint density at radius 1 is 1.26 bits per heavy atom. The molecular formula is C20H24N6O4S. The maximum atomic E-state index is 13.3. The van der Waals surface area contributed by atoms with Crippen LogP contribution < -0.4 is 10.5 Å². The number of aliphatic hydroxyl groups is 1. The van der Waals surface area contributed by atoms with E-state index >= 15 is 0 Å². The van der Waals surface area contributed by atoms with Crippen LogP contribution in [-0.4, -0.2) is 57.2 Å². The van der Waals surface area contributed by atoms with E-state index in [1.165, 1.54) is 6.33 Å². The van der Waals surface area contributed by atoms with Crippen molar-refractivity contribution in [1.82, 2.24) is 24.1 Å². The average molecular weight is 445 g/mol. The Balaban J connectivity index is 1.47. The number of fused-ring (bicyclic) bond motifs is 4. The Labute approximate surface area is 179 Å². The molecule has 2 saturated heterocycles. The summed E-state index contributed by atoms with van der Waals surface area (Å²) in [7, 11) is -3.80. The molecule has 0 spiro atoms. The Kier molecular flexibility index (Phi) is 4.56. The number of hydrogen-bond acceptors (Lipinski definition) is 8. The summed E-state index contributed by atoms with van der Waals surface area (Å²) >= 11 is 0. The number of aromatic nitrogens is 4. The molecule has 0 amide bonds. The van der Waals surface area contributed by atoms with Crippen molar-refractivity contribution in [3.8, 4) is 11.3 Å². The lowest BCUT2D eigenvalue weighted by Gasteiger charge is -2.52. The number of anilines is 1. The van der Waals surface area contributed by atoms with Gasteiger partial charge in [0.1, 0.15) is 6.33 Å². The molecule has 3 fully saturated rings. The van der Waals surface area contributed by atoms with Crippen LogP contribution in [-0.2, 0) is 14.8 Å². The first-order valence-electron chi connectivity index (χ1n) is 10.1. The highest BCUT2D eigenvalue weighted by molar-refractivity contribution is 7.89. The van der Waals surface area contributed by atoms with Crippen molar-refractivity contribution >= 4 is 21.7 Å². The number of ether oxygens (including phenoxy) is 1. The van der Waals surface area contributed by atoms with Gasteiger partial charge in [-0.2, -0.15) is 0 Å². The summed E-state index contributed by atoms with van der Waals surface area (Å²) in [5.74, 6) is 0.639. The fraction of sp³-hybridized carbons (Fsp3) is 0.450. The molecule has 2 aromatic heterocycles. The second kappa shape index (κ2) is 6.95. The monoisotopic (exact) mass is 444 g/mol. The van der Waals surface area contributed by atoms with Crippen molar-refractivity contribution in [3.63, 3.8) is 0 Å². The number of benzene rings is 1. The zero-order valence-electron chi connectivity index (χ0n) is 17.1. The van der Waals surface area contributed by atoms with E-state index < -0.39 is 21.2 Å². The number of rotatable bonds is 5. The molecule has 3 aliphatic rings. The molecular weight excluding hydrogens is 420 g/mol. The van der Waals surface area contributed by atoms with Crippen LogP contribution in [0.25, 0.3) is 17.0 Å². The van der Waals surface area contributed by atoms with Gasteiger partial charge in [-0.1, -0.05) is 6.07 Å². The number of aryl methyl sites for hydroxylation is 1. The van der Waals surface area contributed by atoms with Gasteiger partial charge in [-0.3, -0.25) is 4.40 Å². The van der Waals surface area contributed by atoms with E-state index in [1.807, 2.05) is 6.92 Å². The molecule has 6 rings (SSSR count). The molecule has 10 nitrogen and oxygen atoms in total. The third-order valence-electron chi connectivity index (χ3n) is 6.50. The number of nitrogen functional groups attached to an aromatic ring is 1. The molecule has 0 atom stereocenters. The Bertz CT molecular complexity index is 1250. The summed E-state index contributed by atoms with van der Waals surface area (Å²) in [5.41, 5.74) is 6.83. The number of hydrogen-bond donors (Lipinski definition) is 3. The van der Waals surface area contributed by atoms with Crippen LogP contribution in [0.15, 0.2) is 35.6 Å². The number of nitrogens with two attached hydrogens (primary N) is 1. The third kappa shape index (κ3) is 3.37. The molecule has 1 saturated carbocycles. The van der Waals surface area contributed by atoms with Crippen LogP contribution in [0.4, 0.5) is 5.95 Å². The van der Waals surface area contributed by atoms with Crippen molar-refractivity contribution in [2.45, 2.75) is 48.6 Å². The lowest BCUT2D eigenvalue weighted by atomic mass is 9.72. The summed E-state index contributed by atoms with van der Waals surface area (Å²) in [6.45, 7) is 2.11. The molecule has 4 heterocycles. The van der Waals surface area contributed by atoms with Crippen LogP contribution in [0.2, 0.25) is 0 Å². The summed E-state index contributed by atoms with van der Waals surface area (Å²) in [5, 5.41) is 9.61. The Morgan fingerprint density at radius 2 is 2.03 bits per heavy atom. The minimum absolute atomic E-state index is 0.0367. The smallest absolute Gasteiger partial charge is 0.241 e. The summed E-state index contributed by atoms with van der Waals surface area (Å²) in [6, 6.07) is 4.96.